The quantitative estimate of drug-likeness (QED) is 0.256. The van der Waals surface area contributed by atoms with Crippen LogP contribution in [0.5, 0.6) is 0 Å². The van der Waals surface area contributed by atoms with Gasteiger partial charge in [-0.3, -0.25) is 6.08 Å². The standard InChI is InChI=1S/C15H11.C5H5.5CH3.2ClH.Ti/c1-2-6-12(7-3-1)15-10-13-8-4-5-9-14(13)11-15;1-2-4-5-3-1;;;;;;;;/h1-11H;1-3H,4H2;5*1H3;2*1H;/q7*-1;;;. The Labute approximate surface area is 202 Å². The molecule has 0 saturated heterocycles. The Morgan fingerprint density at radius 1 is 0.750 bits per heavy atom. The van der Waals surface area contributed by atoms with Crippen molar-refractivity contribution in [1.82, 2.24) is 0 Å². The molecular weight excluding hydrogens is 419 g/mol. The molecule has 3 aromatic carbocycles. The summed E-state index contributed by atoms with van der Waals surface area (Å²) in [6.45, 7) is 0. The van der Waals surface area contributed by atoms with Crippen molar-refractivity contribution in [1.29, 1.82) is 0 Å². The van der Waals surface area contributed by atoms with Gasteiger partial charge in [-0.05, 0) is 0 Å². The summed E-state index contributed by atoms with van der Waals surface area (Å²) in [5.41, 5.74) is 2.59. The molecule has 1 aliphatic rings. The number of fused-ring (bicyclic) bond motifs is 1. The van der Waals surface area contributed by atoms with Gasteiger partial charge in [-0.2, -0.15) is 6.08 Å². The van der Waals surface area contributed by atoms with Gasteiger partial charge in [-0.1, -0.05) is 54.1 Å². The van der Waals surface area contributed by atoms with Gasteiger partial charge in [0.1, 0.15) is 0 Å². The van der Waals surface area contributed by atoms with Gasteiger partial charge in [-0.15, -0.1) is 65.8 Å². The van der Waals surface area contributed by atoms with E-state index in [1.807, 2.05) is 18.2 Å². The van der Waals surface area contributed by atoms with Crippen LogP contribution < -0.4 is 0 Å². The van der Waals surface area contributed by atoms with Crippen molar-refractivity contribution in [3.8, 4) is 11.1 Å². The van der Waals surface area contributed by atoms with Crippen LogP contribution in [0.4, 0.5) is 0 Å². The van der Waals surface area contributed by atoms with Crippen molar-refractivity contribution in [3.05, 3.63) is 128 Å². The van der Waals surface area contributed by atoms with Crippen LogP contribution in [0.25, 0.3) is 21.9 Å². The summed E-state index contributed by atoms with van der Waals surface area (Å²) in [7, 11) is 0. The van der Waals surface area contributed by atoms with E-state index < -0.39 is 0 Å². The summed E-state index contributed by atoms with van der Waals surface area (Å²) in [5, 5.41) is 2.63. The van der Waals surface area contributed by atoms with Crippen LogP contribution in [0.15, 0.2) is 85.0 Å². The Kier molecular flexibility index (Phi) is 32.6. The van der Waals surface area contributed by atoms with Gasteiger partial charge in [0.2, 0.25) is 0 Å². The van der Waals surface area contributed by atoms with E-state index in [2.05, 4.69) is 72.8 Å². The molecule has 0 spiro atoms. The zero-order chi connectivity index (χ0) is 13.6. The minimum Gasteiger partial charge on any atom is -0.358 e. The molecular formula is C25H33Cl2Ti-7. The van der Waals surface area contributed by atoms with E-state index in [0.717, 1.165) is 6.42 Å². The number of allylic oxidation sites excluding steroid dienone is 4. The van der Waals surface area contributed by atoms with Gasteiger partial charge in [0.05, 0.1) is 0 Å². The van der Waals surface area contributed by atoms with Crippen LogP contribution in [0.1, 0.15) is 6.42 Å². The van der Waals surface area contributed by atoms with E-state index in [1.54, 1.807) is 0 Å². The molecule has 0 radical (unpaired) electrons. The first-order valence-electron chi connectivity index (χ1n) is 6.86. The van der Waals surface area contributed by atoms with Crippen molar-refractivity contribution in [2.24, 2.45) is 0 Å². The molecule has 0 atom stereocenters. The molecule has 0 unspecified atom stereocenters. The molecule has 0 aromatic heterocycles. The number of halogens is 2. The molecule has 1 aliphatic carbocycles. The molecule has 0 nitrogen and oxygen atoms in total. The Morgan fingerprint density at radius 2 is 1.32 bits per heavy atom. The SMILES string of the molecule is Cl.Cl.[C-]1=CC=CC1.[CH3-].[CH3-].[CH3-].[CH3-].[CH3-].[Ti].c1ccc(-c2cc3ccccc3[cH-]2)cc1. The maximum absolute atomic E-state index is 2.99. The third-order valence-corrected chi connectivity index (χ3v) is 3.31. The fourth-order valence-corrected chi connectivity index (χ4v) is 2.29. The normalized spacial score (nSPS) is 8.86. The second-order valence-electron chi connectivity index (χ2n) is 4.74. The van der Waals surface area contributed by atoms with E-state index in [9.17, 15) is 0 Å². The summed E-state index contributed by atoms with van der Waals surface area (Å²) in [4.78, 5) is 0. The van der Waals surface area contributed by atoms with E-state index in [1.165, 1.54) is 21.9 Å². The van der Waals surface area contributed by atoms with Crippen LogP contribution in [0, 0.1) is 43.2 Å². The summed E-state index contributed by atoms with van der Waals surface area (Å²) in [6, 6.07) is 23.4. The number of benzene rings is 2. The fourth-order valence-electron chi connectivity index (χ4n) is 2.29. The maximum Gasteiger partial charge on any atom is 0 e. The Balaban J connectivity index is -0.0000000839. The summed E-state index contributed by atoms with van der Waals surface area (Å²) >= 11 is 0. The summed E-state index contributed by atoms with van der Waals surface area (Å²) in [5.74, 6) is 0. The first-order chi connectivity index (χ1) is 9.93. The van der Waals surface area contributed by atoms with Crippen molar-refractivity contribution in [2.45, 2.75) is 6.42 Å². The predicted octanol–water partition coefficient (Wildman–Crippen LogP) is 8.62. The van der Waals surface area contributed by atoms with Gasteiger partial charge < -0.3 is 37.1 Å². The average Bonchev–Trinajstić information content (AvgIpc) is 3.20. The second-order valence-corrected chi connectivity index (χ2v) is 4.74. The van der Waals surface area contributed by atoms with Crippen molar-refractivity contribution in [2.75, 3.05) is 0 Å². The van der Waals surface area contributed by atoms with Gasteiger partial charge in [0.25, 0.3) is 0 Å². The molecule has 0 N–H and O–H groups in total. The molecule has 28 heavy (non-hydrogen) atoms. The van der Waals surface area contributed by atoms with Crippen LogP contribution >= 0.6 is 24.8 Å². The zero-order valence-corrected chi connectivity index (χ0v) is 20.8. The van der Waals surface area contributed by atoms with E-state index in [-0.39, 0.29) is 83.7 Å². The van der Waals surface area contributed by atoms with Crippen LogP contribution in [-0.2, 0) is 21.7 Å². The number of hydrogen-bond acceptors (Lipinski definition) is 0. The summed E-state index contributed by atoms with van der Waals surface area (Å²) in [6.07, 6.45) is 10.0. The largest absolute Gasteiger partial charge is 0.358 e. The third kappa shape index (κ3) is 11.6. The monoisotopic (exact) mass is 451 g/mol. The minimum atomic E-state index is 0. The number of rotatable bonds is 1. The molecule has 0 amide bonds. The summed E-state index contributed by atoms with van der Waals surface area (Å²) < 4.78 is 0. The van der Waals surface area contributed by atoms with Crippen molar-refractivity contribution in [3.63, 3.8) is 0 Å². The topological polar surface area (TPSA) is 0 Å². The smallest absolute Gasteiger partial charge is 0 e. The molecule has 0 saturated carbocycles. The van der Waals surface area contributed by atoms with Crippen LogP contribution in [-0.4, -0.2) is 0 Å². The van der Waals surface area contributed by atoms with Gasteiger partial charge in [0, 0.05) is 21.7 Å². The minimum absolute atomic E-state index is 0. The first-order valence-corrected chi connectivity index (χ1v) is 6.86. The Morgan fingerprint density at radius 3 is 1.79 bits per heavy atom. The molecule has 3 heteroatoms. The van der Waals surface area contributed by atoms with Gasteiger partial charge >= 0.3 is 0 Å². The first kappa shape index (κ1) is 41.3. The van der Waals surface area contributed by atoms with Crippen LogP contribution in [0.2, 0.25) is 0 Å². The zero-order valence-electron chi connectivity index (χ0n) is 17.6. The van der Waals surface area contributed by atoms with E-state index >= 15 is 0 Å². The molecule has 0 aliphatic heterocycles. The van der Waals surface area contributed by atoms with E-state index in [0.29, 0.717) is 0 Å². The van der Waals surface area contributed by atoms with E-state index in [4.69, 9.17) is 0 Å². The predicted molar refractivity (Wildman–Crippen MR) is 133 cm³/mol. The van der Waals surface area contributed by atoms with Crippen molar-refractivity contribution < 1.29 is 21.7 Å². The third-order valence-electron chi connectivity index (χ3n) is 3.31. The molecule has 0 fully saturated rings. The van der Waals surface area contributed by atoms with Gasteiger partial charge in [0.15, 0.2) is 0 Å². The number of hydrogen-bond donors (Lipinski definition) is 0. The second kappa shape index (κ2) is 22.1. The van der Waals surface area contributed by atoms with Crippen molar-refractivity contribution >= 4 is 35.6 Å². The Bertz CT molecular complexity index is 700. The van der Waals surface area contributed by atoms with Crippen LogP contribution in [0.3, 0.4) is 0 Å². The maximum atomic E-state index is 2.99. The molecule has 158 valence electrons. The molecule has 0 bridgehead atoms. The van der Waals surface area contributed by atoms with Gasteiger partial charge in [-0.25, -0.2) is 12.2 Å². The average molecular weight is 452 g/mol. The molecule has 4 rings (SSSR count). The molecule has 0 heterocycles. The fraction of sp³-hybridized carbons (Fsp3) is 0.0400. The Hall–Kier alpha value is -1.18. The molecule has 3 aromatic rings.